The molecule has 0 aromatic rings. The summed E-state index contributed by atoms with van der Waals surface area (Å²) >= 11 is 0. The van der Waals surface area contributed by atoms with Crippen LogP contribution in [0, 0.1) is 17.8 Å². The Hall–Kier alpha value is -0.200. The SMILES string of the molecule is CC1CCC(C(C)C)C(O)C1.CCOCC.OCC(O)CO. The van der Waals surface area contributed by atoms with Crippen LogP contribution < -0.4 is 0 Å². The number of hydrogen-bond acceptors (Lipinski definition) is 5. The second-order valence-corrected chi connectivity index (χ2v) is 6.19. The molecule has 0 spiro atoms. The molecule has 22 heavy (non-hydrogen) atoms. The van der Waals surface area contributed by atoms with Crippen LogP contribution in [0.4, 0.5) is 0 Å². The lowest BCUT2D eigenvalue weighted by Gasteiger charge is -2.33. The predicted molar refractivity (Wildman–Crippen MR) is 89.7 cm³/mol. The second-order valence-electron chi connectivity index (χ2n) is 6.19. The van der Waals surface area contributed by atoms with E-state index in [1.807, 2.05) is 13.8 Å². The molecule has 1 fully saturated rings. The van der Waals surface area contributed by atoms with Crippen LogP contribution in [0.3, 0.4) is 0 Å². The third-order valence-corrected chi connectivity index (χ3v) is 3.82. The minimum absolute atomic E-state index is 0.0289. The van der Waals surface area contributed by atoms with Gasteiger partial charge in [0, 0.05) is 13.2 Å². The molecule has 0 heterocycles. The van der Waals surface area contributed by atoms with Gasteiger partial charge in [0.25, 0.3) is 0 Å². The summed E-state index contributed by atoms with van der Waals surface area (Å²) in [5.41, 5.74) is 0. The summed E-state index contributed by atoms with van der Waals surface area (Å²) < 4.78 is 4.83. The lowest BCUT2D eigenvalue weighted by atomic mass is 9.75. The van der Waals surface area contributed by atoms with Crippen LogP contribution in [0.25, 0.3) is 0 Å². The standard InChI is InChI=1S/C10H20O.C4H10O.C3H8O3/c1-7(2)9-5-4-8(3)6-10(9)11;1-3-5-4-2;4-1-3(6)2-5/h7-11H,4-6H2,1-3H3;3-4H2,1-2H3;3-6H,1-2H2. The molecule has 0 aliphatic heterocycles. The lowest BCUT2D eigenvalue weighted by molar-refractivity contribution is 0.0266. The Balaban J connectivity index is 0. The quantitative estimate of drug-likeness (QED) is 0.620. The summed E-state index contributed by atoms with van der Waals surface area (Å²) in [6.45, 7) is 11.6. The molecule has 1 saturated carbocycles. The fraction of sp³-hybridized carbons (Fsp3) is 1.00. The monoisotopic (exact) mass is 322 g/mol. The molecule has 5 nitrogen and oxygen atoms in total. The van der Waals surface area contributed by atoms with Gasteiger partial charge in [0.2, 0.25) is 0 Å². The Morgan fingerprint density at radius 2 is 1.55 bits per heavy atom. The van der Waals surface area contributed by atoms with Gasteiger partial charge in [-0.3, -0.25) is 0 Å². The normalized spacial score (nSPS) is 24.4. The van der Waals surface area contributed by atoms with Crippen molar-refractivity contribution in [2.45, 2.75) is 66.1 Å². The predicted octanol–water partition coefficient (Wildman–Crippen LogP) is 1.81. The van der Waals surface area contributed by atoms with Crippen molar-refractivity contribution in [1.82, 2.24) is 0 Å². The van der Waals surface area contributed by atoms with Gasteiger partial charge >= 0.3 is 0 Å². The van der Waals surface area contributed by atoms with Gasteiger partial charge in [-0.1, -0.05) is 27.2 Å². The summed E-state index contributed by atoms with van der Waals surface area (Å²) in [7, 11) is 0. The number of rotatable bonds is 5. The van der Waals surface area contributed by atoms with E-state index in [0.717, 1.165) is 25.6 Å². The molecule has 0 saturated heterocycles. The zero-order chi connectivity index (χ0) is 17.5. The van der Waals surface area contributed by atoms with E-state index in [4.69, 9.17) is 20.1 Å². The fourth-order valence-electron chi connectivity index (χ4n) is 2.41. The molecule has 0 aromatic carbocycles. The smallest absolute Gasteiger partial charge is 0.100 e. The highest BCUT2D eigenvalue weighted by molar-refractivity contribution is 4.79. The third-order valence-electron chi connectivity index (χ3n) is 3.82. The molecule has 0 radical (unpaired) electrons. The Labute approximate surface area is 136 Å². The first-order valence-electron chi connectivity index (χ1n) is 8.49. The van der Waals surface area contributed by atoms with Crippen LogP contribution in [-0.4, -0.2) is 59.1 Å². The zero-order valence-corrected chi connectivity index (χ0v) is 15.0. The van der Waals surface area contributed by atoms with Crippen molar-refractivity contribution in [3.8, 4) is 0 Å². The summed E-state index contributed by atoms with van der Waals surface area (Å²) in [4.78, 5) is 0. The van der Waals surface area contributed by atoms with E-state index >= 15 is 0 Å². The lowest BCUT2D eigenvalue weighted by Crippen LogP contribution is -2.31. The van der Waals surface area contributed by atoms with Crippen molar-refractivity contribution in [2.24, 2.45) is 17.8 Å². The summed E-state index contributed by atoms with van der Waals surface area (Å²) in [5.74, 6) is 1.95. The maximum absolute atomic E-state index is 9.71. The molecule has 1 aliphatic rings. The molecule has 0 aromatic heterocycles. The topological polar surface area (TPSA) is 90.2 Å². The average Bonchev–Trinajstić information content (AvgIpc) is 2.48. The highest BCUT2D eigenvalue weighted by Gasteiger charge is 2.28. The van der Waals surface area contributed by atoms with E-state index in [0.29, 0.717) is 11.8 Å². The molecule has 4 N–H and O–H groups in total. The Morgan fingerprint density at radius 3 is 1.77 bits per heavy atom. The van der Waals surface area contributed by atoms with E-state index in [1.54, 1.807) is 0 Å². The number of hydrogen-bond donors (Lipinski definition) is 4. The van der Waals surface area contributed by atoms with Gasteiger partial charge in [0.15, 0.2) is 0 Å². The molecule has 1 rings (SSSR count). The van der Waals surface area contributed by atoms with Gasteiger partial charge in [-0.2, -0.15) is 0 Å². The van der Waals surface area contributed by atoms with Crippen LogP contribution in [0.5, 0.6) is 0 Å². The minimum Gasteiger partial charge on any atom is -0.394 e. The number of aliphatic hydroxyl groups is 4. The van der Waals surface area contributed by atoms with E-state index in [9.17, 15) is 5.11 Å². The molecule has 3 atom stereocenters. The highest BCUT2D eigenvalue weighted by atomic mass is 16.5. The summed E-state index contributed by atoms with van der Waals surface area (Å²) in [5, 5.41) is 33.7. The van der Waals surface area contributed by atoms with E-state index in [1.165, 1.54) is 12.8 Å². The Bertz CT molecular complexity index is 217. The minimum atomic E-state index is -0.954. The summed E-state index contributed by atoms with van der Waals surface area (Å²) in [6.07, 6.45) is 2.56. The Kier molecular flexibility index (Phi) is 17.2. The van der Waals surface area contributed by atoms with Crippen molar-refractivity contribution >= 4 is 0 Å². The van der Waals surface area contributed by atoms with Crippen LogP contribution in [-0.2, 0) is 4.74 Å². The second kappa shape index (κ2) is 15.7. The molecule has 1 aliphatic carbocycles. The maximum atomic E-state index is 9.71. The van der Waals surface area contributed by atoms with Gasteiger partial charge in [-0.25, -0.2) is 0 Å². The average molecular weight is 322 g/mol. The largest absolute Gasteiger partial charge is 0.394 e. The van der Waals surface area contributed by atoms with Gasteiger partial charge in [0.1, 0.15) is 6.10 Å². The maximum Gasteiger partial charge on any atom is 0.100 e. The van der Waals surface area contributed by atoms with Crippen LogP contribution in [0.15, 0.2) is 0 Å². The van der Waals surface area contributed by atoms with Crippen molar-refractivity contribution in [1.29, 1.82) is 0 Å². The van der Waals surface area contributed by atoms with Crippen molar-refractivity contribution < 1.29 is 25.2 Å². The molecule has 136 valence electrons. The molecule has 5 heteroatoms. The first-order valence-corrected chi connectivity index (χ1v) is 8.49. The third kappa shape index (κ3) is 13.5. The molecule has 0 amide bonds. The van der Waals surface area contributed by atoms with Gasteiger partial charge in [-0.05, 0) is 44.4 Å². The first kappa shape index (κ1) is 24.1. The van der Waals surface area contributed by atoms with Crippen LogP contribution >= 0.6 is 0 Å². The van der Waals surface area contributed by atoms with Crippen molar-refractivity contribution in [2.75, 3.05) is 26.4 Å². The van der Waals surface area contributed by atoms with Gasteiger partial charge in [-0.15, -0.1) is 0 Å². The molecular weight excluding hydrogens is 284 g/mol. The summed E-state index contributed by atoms with van der Waals surface area (Å²) in [6, 6.07) is 0. The molecule has 3 unspecified atom stereocenters. The van der Waals surface area contributed by atoms with Crippen LogP contribution in [0.1, 0.15) is 53.9 Å². The van der Waals surface area contributed by atoms with Gasteiger partial charge in [0.05, 0.1) is 19.3 Å². The highest BCUT2D eigenvalue weighted by Crippen LogP contribution is 2.33. The Morgan fingerprint density at radius 1 is 1.05 bits per heavy atom. The van der Waals surface area contributed by atoms with Gasteiger partial charge < -0.3 is 25.2 Å². The fourth-order valence-corrected chi connectivity index (χ4v) is 2.41. The van der Waals surface area contributed by atoms with E-state index in [-0.39, 0.29) is 19.3 Å². The number of aliphatic hydroxyl groups excluding tert-OH is 4. The molecular formula is C17H38O5. The van der Waals surface area contributed by atoms with Crippen LogP contribution in [0.2, 0.25) is 0 Å². The first-order chi connectivity index (χ1) is 10.3. The van der Waals surface area contributed by atoms with Crippen molar-refractivity contribution in [3.63, 3.8) is 0 Å². The molecule has 0 bridgehead atoms. The van der Waals surface area contributed by atoms with E-state index < -0.39 is 6.10 Å². The zero-order valence-electron chi connectivity index (χ0n) is 15.0. The number of ether oxygens (including phenoxy) is 1. The van der Waals surface area contributed by atoms with Crippen molar-refractivity contribution in [3.05, 3.63) is 0 Å². The van der Waals surface area contributed by atoms with E-state index in [2.05, 4.69) is 20.8 Å².